The first-order valence-electron chi connectivity index (χ1n) is 2.83. The number of H-pyrrole nitrogens is 1. The van der Waals surface area contributed by atoms with Crippen LogP contribution in [0.15, 0.2) is 6.20 Å². The van der Waals surface area contributed by atoms with Crippen LogP contribution in [0.2, 0.25) is 0 Å². The maximum absolute atomic E-state index is 3.87. The van der Waals surface area contributed by atoms with Crippen LogP contribution in [0.4, 0.5) is 0 Å². The fourth-order valence-corrected chi connectivity index (χ4v) is 0.731. The largest absolute Gasteiger partial charge is 0.282 e. The van der Waals surface area contributed by atoms with Gasteiger partial charge in [-0.1, -0.05) is 6.92 Å². The van der Waals surface area contributed by atoms with Gasteiger partial charge in [-0.05, 0) is 18.9 Å². The second kappa shape index (κ2) is 1.99. The molecule has 0 aliphatic heterocycles. The van der Waals surface area contributed by atoms with Gasteiger partial charge >= 0.3 is 0 Å². The fraction of sp³-hybridized carbons (Fsp3) is 0.500. The van der Waals surface area contributed by atoms with E-state index in [0.29, 0.717) is 0 Å². The van der Waals surface area contributed by atoms with Crippen molar-refractivity contribution in [2.45, 2.75) is 20.3 Å². The van der Waals surface area contributed by atoms with Gasteiger partial charge in [0.05, 0.1) is 6.20 Å². The number of aryl methyl sites for hydroxylation is 2. The molecule has 8 heavy (non-hydrogen) atoms. The van der Waals surface area contributed by atoms with Crippen LogP contribution in [0.25, 0.3) is 0 Å². The Hall–Kier alpha value is -0.790. The minimum Gasteiger partial charge on any atom is -0.282 e. The molecule has 0 bridgehead atoms. The van der Waals surface area contributed by atoms with Crippen molar-refractivity contribution in [3.63, 3.8) is 0 Å². The maximum atomic E-state index is 3.87. The molecule has 1 aromatic heterocycles. The molecule has 2 nitrogen and oxygen atoms in total. The average molecular weight is 110 g/mol. The van der Waals surface area contributed by atoms with Crippen molar-refractivity contribution in [2.24, 2.45) is 0 Å². The molecule has 1 heterocycles. The number of hydrogen-bond donors (Lipinski definition) is 1. The molecule has 0 fully saturated rings. The minimum atomic E-state index is 1.05. The van der Waals surface area contributed by atoms with Crippen LogP contribution < -0.4 is 0 Å². The highest BCUT2D eigenvalue weighted by molar-refractivity contribution is 5.12. The van der Waals surface area contributed by atoms with Crippen LogP contribution >= 0.6 is 0 Å². The van der Waals surface area contributed by atoms with E-state index < -0.39 is 0 Å². The monoisotopic (exact) mass is 110 g/mol. The molecule has 44 valence electrons. The Balaban J connectivity index is 2.92. The van der Waals surface area contributed by atoms with Crippen LogP contribution in [0.5, 0.6) is 0 Å². The lowest BCUT2D eigenvalue weighted by molar-refractivity contribution is 0.969. The van der Waals surface area contributed by atoms with Crippen molar-refractivity contribution in [3.05, 3.63) is 17.5 Å². The quantitative estimate of drug-likeness (QED) is 0.579. The average Bonchev–Trinajstić information content (AvgIpc) is 2.14. The molecule has 0 saturated carbocycles. The highest BCUT2D eigenvalue weighted by Crippen LogP contribution is 2.00. The second-order valence-electron chi connectivity index (χ2n) is 1.89. The van der Waals surface area contributed by atoms with Crippen molar-refractivity contribution in [2.75, 3.05) is 0 Å². The number of nitrogens with zero attached hydrogens (tertiary/aromatic N) is 1. The lowest BCUT2D eigenvalue weighted by Gasteiger charge is -1.87. The minimum absolute atomic E-state index is 1.05. The summed E-state index contributed by atoms with van der Waals surface area (Å²) in [6, 6.07) is 0. The summed E-state index contributed by atoms with van der Waals surface area (Å²) in [7, 11) is 0. The molecule has 0 radical (unpaired) electrons. The van der Waals surface area contributed by atoms with Gasteiger partial charge in [0.1, 0.15) is 0 Å². The van der Waals surface area contributed by atoms with Gasteiger partial charge in [-0.2, -0.15) is 5.10 Å². The Morgan fingerprint density at radius 2 is 2.50 bits per heavy atom. The molecule has 0 aliphatic carbocycles. The molecule has 0 atom stereocenters. The van der Waals surface area contributed by atoms with E-state index in [-0.39, 0.29) is 0 Å². The summed E-state index contributed by atoms with van der Waals surface area (Å²) in [5.74, 6) is 0. The first kappa shape index (κ1) is 5.35. The second-order valence-corrected chi connectivity index (χ2v) is 1.89. The van der Waals surface area contributed by atoms with E-state index in [9.17, 15) is 0 Å². The van der Waals surface area contributed by atoms with Gasteiger partial charge in [-0.25, -0.2) is 0 Å². The van der Waals surface area contributed by atoms with E-state index in [4.69, 9.17) is 0 Å². The maximum Gasteiger partial charge on any atom is 0.0519 e. The van der Waals surface area contributed by atoms with Gasteiger partial charge in [0.25, 0.3) is 0 Å². The normalized spacial score (nSPS) is 9.75. The number of aromatic amines is 1. The van der Waals surface area contributed by atoms with E-state index in [1.54, 1.807) is 0 Å². The molecule has 0 aliphatic rings. The zero-order chi connectivity index (χ0) is 5.98. The van der Waals surface area contributed by atoms with Crippen molar-refractivity contribution < 1.29 is 0 Å². The van der Waals surface area contributed by atoms with Crippen molar-refractivity contribution in [1.82, 2.24) is 10.2 Å². The molecule has 0 unspecified atom stereocenters. The topological polar surface area (TPSA) is 28.7 Å². The standard InChI is InChI=1S/C6H10N2/c1-3-6-5(2)4-7-8-6/h4H,3H2,1-2H3,(H,7,8). The number of rotatable bonds is 1. The summed E-state index contributed by atoms with van der Waals surface area (Å²) in [6.45, 7) is 4.17. The number of hydrogen-bond acceptors (Lipinski definition) is 1. The summed E-state index contributed by atoms with van der Waals surface area (Å²) in [5, 5.41) is 6.77. The third-order valence-corrected chi connectivity index (χ3v) is 1.29. The van der Waals surface area contributed by atoms with E-state index in [1.807, 2.05) is 6.20 Å². The van der Waals surface area contributed by atoms with Gasteiger partial charge in [-0.15, -0.1) is 0 Å². The summed E-state index contributed by atoms with van der Waals surface area (Å²) >= 11 is 0. The van der Waals surface area contributed by atoms with E-state index in [2.05, 4.69) is 24.0 Å². The highest BCUT2D eigenvalue weighted by Gasteiger charge is 1.92. The Morgan fingerprint density at radius 3 is 2.75 bits per heavy atom. The first-order chi connectivity index (χ1) is 3.84. The summed E-state index contributed by atoms with van der Waals surface area (Å²) < 4.78 is 0. The van der Waals surface area contributed by atoms with Crippen LogP contribution in [-0.4, -0.2) is 10.2 Å². The van der Waals surface area contributed by atoms with Gasteiger partial charge in [-0.3, -0.25) is 5.10 Å². The number of aromatic nitrogens is 2. The van der Waals surface area contributed by atoms with E-state index in [0.717, 1.165) is 6.42 Å². The molecular formula is C6H10N2. The first-order valence-corrected chi connectivity index (χ1v) is 2.83. The lowest BCUT2D eigenvalue weighted by atomic mass is 10.2. The molecule has 1 aromatic rings. The molecule has 0 spiro atoms. The van der Waals surface area contributed by atoms with Crippen LogP contribution in [0.1, 0.15) is 18.2 Å². The zero-order valence-electron chi connectivity index (χ0n) is 5.23. The van der Waals surface area contributed by atoms with E-state index >= 15 is 0 Å². The molecule has 1 rings (SSSR count). The molecule has 0 aromatic carbocycles. The van der Waals surface area contributed by atoms with Crippen molar-refractivity contribution >= 4 is 0 Å². The molecule has 1 N–H and O–H groups in total. The molecule has 0 amide bonds. The van der Waals surface area contributed by atoms with Gasteiger partial charge in [0.15, 0.2) is 0 Å². The third-order valence-electron chi connectivity index (χ3n) is 1.29. The lowest BCUT2D eigenvalue weighted by Crippen LogP contribution is -1.80. The highest BCUT2D eigenvalue weighted by atomic mass is 15.1. The summed E-state index contributed by atoms with van der Waals surface area (Å²) in [4.78, 5) is 0. The van der Waals surface area contributed by atoms with Crippen molar-refractivity contribution in [3.8, 4) is 0 Å². The van der Waals surface area contributed by atoms with Crippen LogP contribution in [-0.2, 0) is 6.42 Å². The molecular weight excluding hydrogens is 100 g/mol. The van der Waals surface area contributed by atoms with Crippen molar-refractivity contribution in [1.29, 1.82) is 0 Å². The Labute approximate surface area is 48.9 Å². The molecule has 0 saturated heterocycles. The van der Waals surface area contributed by atoms with Gasteiger partial charge in [0.2, 0.25) is 0 Å². The smallest absolute Gasteiger partial charge is 0.0519 e. The summed E-state index contributed by atoms with van der Waals surface area (Å²) in [6.07, 6.45) is 2.89. The predicted octanol–water partition coefficient (Wildman–Crippen LogP) is 1.28. The Kier molecular flexibility index (Phi) is 1.33. The molecule has 2 heteroatoms. The van der Waals surface area contributed by atoms with E-state index in [1.165, 1.54) is 11.3 Å². The fourth-order valence-electron chi connectivity index (χ4n) is 0.731. The number of nitrogens with one attached hydrogen (secondary N) is 1. The zero-order valence-corrected chi connectivity index (χ0v) is 5.23. The Bertz CT molecular complexity index is 167. The predicted molar refractivity (Wildman–Crippen MR) is 32.7 cm³/mol. The summed E-state index contributed by atoms with van der Waals surface area (Å²) in [5.41, 5.74) is 2.50. The third kappa shape index (κ3) is 0.735. The Morgan fingerprint density at radius 1 is 1.75 bits per heavy atom. The van der Waals surface area contributed by atoms with Gasteiger partial charge < -0.3 is 0 Å². The van der Waals surface area contributed by atoms with Crippen LogP contribution in [0.3, 0.4) is 0 Å². The van der Waals surface area contributed by atoms with Crippen LogP contribution in [0, 0.1) is 6.92 Å². The van der Waals surface area contributed by atoms with Gasteiger partial charge in [0, 0.05) is 5.69 Å². The SMILES string of the molecule is CCc1[nH]ncc1C.